The maximum absolute atomic E-state index is 12.0. The molecule has 1 amide bonds. The first-order valence-corrected chi connectivity index (χ1v) is 8.36. The molecular formula is C18H25NO5. The van der Waals surface area contributed by atoms with Gasteiger partial charge in [0, 0.05) is 6.04 Å². The smallest absolute Gasteiger partial charge is 0.310 e. The number of carbonyl (C=O) groups excluding carboxylic acids is 2. The number of hydrogen-bond acceptors (Lipinski definition) is 5. The van der Waals surface area contributed by atoms with Gasteiger partial charge >= 0.3 is 5.97 Å². The van der Waals surface area contributed by atoms with E-state index >= 15 is 0 Å². The molecule has 0 spiro atoms. The van der Waals surface area contributed by atoms with Gasteiger partial charge in [0.2, 0.25) is 0 Å². The first-order valence-electron chi connectivity index (χ1n) is 8.36. The van der Waals surface area contributed by atoms with E-state index in [0.29, 0.717) is 11.5 Å². The summed E-state index contributed by atoms with van der Waals surface area (Å²) in [5.74, 6) is 0.481. The van der Waals surface area contributed by atoms with Crippen LogP contribution in [-0.4, -0.2) is 37.7 Å². The summed E-state index contributed by atoms with van der Waals surface area (Å²) in [5.41, 5.74) is 0. The Morgan fingerprint density at radius 1 is 1.21 bits per heavy atom. The van der Waals surface area contributed by atoms with Gasteiger partial charge in [0.1, 0.15) is 0 Å². The topological polar surface area (TPSA) is 73.9 Å². The highest BCUT2D eigenvalue weighted by Crippen LogP contribution is 2.25. The number of rotatable bonds is 8. The van der Waals surface area contributed by atoms with E-state index in [9.17, 15) is 9.59 Å². The number of ether oxygens (including phenoxy) is 3. The van der Waals surface area contributed by atoms with E-state index in [1.165, 1.54) is 0 Å². The van der Waals surface area contributed by atoms with Crippen molar-refractivity contribution in [1.82, 2.24) is 5.32 Å². The van der Waals surface area contributed by atoms with Crippen LogP contribution in [0.5, 0.6) is 11.5 Å². The fraction of sp³-hybridized carbons (Fsp3) is 0.556. The van der Waals surface area contributed by atoms with Gasteiger partial charge in [-0.2, -0.15) is 0 Å². The number of para-hydroxylation sites is 2. The minimum Gasteiger partial charge on any atom is -0.493 e. The van der Waals surface area contributed by atoms with Crippen LogP contribution in [0, 0.1) is 0 Å². The lowest BCUT2D eigenvalue weighted by Gasteiger charge is -2.17. The molecule has 2 rings (SSSR count). The lowest BCUT2D eigenvalue weighted by atomic mass is 10.2. The second-order valence-electron chi connectivity index (χ2n) is 5.87. The molecule has 1 aromatic rings. The molecule has 1 aromatic carbocycles. The van der Waals surface area contributed by atoms with Gasteiger partial charge in [0.25, 0.3) is 5.91 Å². The van der Waals surface area contributed by atoms with Crippen molar-refractivity contribution in [2.75, 3.05) is 13.7 Å². The van der Waals surface area contributed by atoms with Crippen molar-refractivity contribution in [1.29, 1.82) is 0 Å². The Labute approximate surface area is 142 Å². The molecule has 0 heterocycles. The van der Waals surface area contributed by atoms with Crippen molar-refractivity contribution in [3.8, 4) is 11.5 Å². The Morgan fingerprint density at radius 2 is 1.88 bits per heavy atom. The monoisotopic (exact) mass is 335 g/mol. The fourth-order valence-corrected chi connectivity index (χ4v) is 2.68. The first kappa shape index (κ1) is 18.1. The minimum atomic E-state index is -0.788. The van der Waals surface area contributed by atoms with Crippen LogP contribution < -0.4 is 14.8 Å². The van der Waals surface area contributed by atoms with Crippen LogP contribution in [0.4, 0.5) is 0 Å². The van der Waals surface area contributed by atoms with E-state index in [1.807, 2.05) is 12.1 Å². The third kappa shape index (κ3) is 5.44. The third-order valence-electron chi connectivity index (χ3n) is 4.01. The van der Waals surface area contributed by atoms with Gasteiger partial charge in [-0.3, -0.25) is 9.59 Å². The van der Waals surface area contributed by atoms with Gasteiger partial charge in [-0.05, 0) is 31.9 Å². The van der Waals surface area contributed by atoms with Gasteiger partial charge in [-0.1, -0.05) is 25.0 Å². The molecule has 0 bridgehead atoms. The Kier molecular flexibility index (Phi) is 6.90. The predicted octanol–water partition coefficient (Wildman–Crippen LogP) is 2.45. The minimum absolute atomic E-state index is 0.0685. The number of benzene rings is 1. The van der Waals surface area contributed by atoms with E-state index in [-0.39, 0.29) is 25.0 Å². The first-order chi connectivity index (χ1) is 11.6. The van der Waals surface area contributed by atoms with Crippen molar-refractivity contribution in [3.05, 3.63) is 24.3 Å². The number of esters is 1. The van der Waals surface area contributed by atoms with Crippen LogP contribution >= 0.6 is 0 Å². The maximum Gasteiger partial charge on any atom is 0.310 e. The molecular weight excluding hydrogens is 310 g/mol. The SMILES string of the molecule is COc1ccccc1OCCC(=O)OC(C)C(=O)NC1CCCC1. The molecule has 24 heavy (non-hydrogen) atoms. The van der Waals surface area contributed by atoms with E-state index in [1.54, 1.807) is 26.2 Å². The number of carbonyl (C=O) groups is 2. The lowest BCUT2D eigenvalue weighted by molar-refractivity contribution is -0.155. The Morgan fingerprint density at radius 3 is 2.54 bits per heavy atom. The van der Waals surface area contributed by atoms with Crippen LogP contribution in [-0.2, 0) is 14.3 Å². The molecule has 1 saturated carbocycles. The Hall–Kier alpha value is -2.24. The zero-order valence-electron chi connectivity index (χ0n) is 14.2. The van der Waals surface area contributed by atoms with E-state index in [4.69, 9.17) is 14.2 Å². The summed E-state index contributed by atoms with van der Waals surface area (Å²) in [6.45, 7) is 1.75. The number of hydrogen-bond donors (Lipinski definition) is 1. The molecule has 0 radical (unpaired) electrons. The fourth-order valence-electron chi connectivity index (χ4n) is 2.68. The second-order valence-corrected chi connectivity index (χ2v) is 5.87. The molecule has 6 heteroatoms. The molecule has 1 unspecified atom stereocenters. The third-order valence-corrected chi connectivity index (χ3v) is 4.01. The van der Waals surface area contributed by atoms with Gasteiger partial charge in [0.15, 0.2) is 17.6 Å². The van der Waals surface area contributed by atoms with Crippen molar-refractivity contribution in [2.45, 2.75) is 51.2 Å². The number of nitrogens with one attached hydrogen (secondary N) is 1. The van der Waals surface area contributed by atoms with Crippen LogP contribution in [0.25, 0.3) is 0 Å². The van der Waals surface area contributed by atoms with Gasteiger partial charge < -0.3 is 19.5 Å². The number of methoxy groups -OCH3 is 1. The normalized spacial score (nSPS) is 15.6. The lowest BCUT2D eigenvalue weighted by Crippen LogP contribution is -2.41. The summed E-state index contributed by atoms with van der Waals surface area (Å²) in [6, 6.07) is 7.42. The van der Waals surface area contributed by atoms with Gasteiger partial charge in [-0.15, -0.1) is 0 Å². The highest BCUT2D eigenvalue weighted by atomic mass is 16.6. The largest absolute Gasteiger partial charge is 0.493 e. The van der Waals surface area contributed by atoms with Gasteiger partial charge in [0.05, 0.1) is 20.1 Å². The molecule has 1 aliphatic carbocycles. The molecule has 0 aromatic heterocycles. The van der Waals surface area contributed by atoms with E-state index < -0.39 is 12.1 Å². The Bertz CT molecular complexity index is 554. The van der Waals surface area contributed by atoms with E-state index in [0.717, 1.165) is 25.7 Å². The molecule has 0 saturated heterocycles. The Balaban J connectivity index is 1.69. The van der Waals surface area contributed by atoms with Crippen LogP contribution in [0.15, 0.2) is 24.3 Å². The van der Waals surface area contributed by atoms with Crippen molar-refractivity contribution >= 4 is 11.9 Å². The van der Waals surface area contributed by atoms with Crippen molar-refractivity contribution < 1.29 is 23.8 Å². The quantitative estimate of drug-likeness (QED) is 0.739. The van der Waals surface area contributed by atoms with Crippen molar-refractivity contribution in [2.24, 2.45) is 0 Å². The van der Waals surface area contributed by atoms with Crippen LogP contribution in [0.2, 0.25) is 0 Å². The average Bonchev–Trinajstić information content (AvgIpc) is 3.08. The highest BCUT2D eigenvalue weighted by Gasteiger charge is 2.22. The van der Waals surface area contributed by atoms with Crippen molar-refractivity contribution in [3.63, 3.8) is 0 Å². The maximum atomic E-state index is 12.0. The molecule has 1 atom stereocenters. The molecule has 132 valence electrons. The molecule has 0 aliphatic heterocycles. The summed E-state index contributed by atoms with van der Waals surface area (Å²) in [5, 5.41) is 2.92. The van der Waals surface area contributed by atoms with Crippen LogP contribution in [0.1, 0.15) is 39.0 Å². The van der Waals surface area contributed by atoms with Gasteiger partial charge in [-0.25, -0.2) is 0 Å². The zero-order chi connectivity index (χ0) is 17.4. The summed E-state index contributed by atoms with van der Waals surface area (Å²) in [4.78, 5) is 23.8. The molecule has 1 aliphatic rings. The summed E-state index contributed by atoms with van der Waals surface area (Å²) in [7, 11) is 1.56. The second kappa shape index (κ2) is 9.15. The summed E-state index contributed by atoms with van der Waals surface area (Å²) < 4.78 is 15.8. The molecule has 1 N–H and O–H groups in total. The van der Waals surface area contributed by atoms with E-state index in [2.05, 4.69) is 5.32 Å². The summed E-state index contributed by atoms with van der Waals surface area (Å²) >= 11 is 0. The highest BCUT2D eigenvalue weighted by molar-refractivity contribution is 5.83. The average molecular weight is 335 g/mol. The van der Waals surface area contributed by atoms with Crippen LogP contribution in [0.3, 0.4) is 0 Å². The molecule has 6 nitrogen and oxygen atoms in total. The zero-order valence-corrected chi connectivity index (χ0v) is 14.2. The standard InChI is InChI=1S/C18H25NO5/c1-13(18(21)19-14-7-3-4-8-14)24-17(20)11-12-23-16-10-6-5-9-15(16)22-2/h5-6,9-10,13-14H,3-4,7-8,11-12H2,1-2H3,(H,19,21). The summed E-state index contributed by atoms with van der Waals surface area (Å²) in [6.07, 6.45) is 3.56. The predicted molar refractivity (Wildman–Crippen MR) is 89.1 cm³/mol. The molecule has 1 fully saturated rings. The number of amides is 1.